The van der Waals surface area contributed by atoms with Gasteiger partial charge in [-0.2, -0.15) is 8.42 Å². The first-order valence-electron chi connectivity index (χ1n) is 8.30. The molecular weight excluding hydrogens is 364 g/mol. The van der Waals surface area contributed by atoms with E-state index in [1.165, 1.54) is 12.1 Å². The fourth-order valence-corrected chi connectivity index (χ4v) is 3.56. The minimum atomic E-state index is -4.44. The lowest BCUT2D eigenvalue weighted by molar-refractivity contribution is 0.467. The summed E-state index contributed by atoms with van der Waals surface area (Å²) >= 11 is 0. The highest BCUT2D eigenvalue weighted by Crippen LogP contribution is 2.40. The molecule has 0 radical (unpaired) electrons. The molecule has 3 N–H and O–H groups in total. The molecule has 3 aromatic carbocycles. The summed E-state index contributed by atoms with van der Waals surface area (Å²) in [5, 5.41) is 20.5. The maximum absolute atomic E-state index is 11.4. The van der Waals surface area contributed by atoms with Gasteiger partial charge in [-0.3, -0.25) is 4.55 Å². The van der Waals surface area contributed by atoms with Gasteiger partial charge in [-0.1, -0.05) is 50.2 Å². The Labute approximate surface area is 158 Å². The molecule has 3 aromatic rings. The van der Waals surface area contributed by atoms with Crippen LogP contribution in [-0.2, 0) is 15.5 Å². The molecule has 6 heteroatoms. The van der Waals surface area contributed by atoms with Crippen molar-refractivity contribution >= 4 is 10.1 Å². The van der Waals surface area contributed by atoms with E-state index in [1.807, 2.05) is 44.2 Å². The molecule has 0 spiro atoms. The summed E-state index contributed by atoms with van der Waals surface area (Å²) in [6.07, 6.45) is 0. The molecule has 0 heterocycles. The predicted octanol–water partition coefficient (Wildman–Crippen LogP) is 4.34. The molecule has 0 amide bonds. The molecule has 0 saturated heterocycles. The predicted molar refractivity (Wildman–Crippen MR) is 104 cm³/mol. The Hall–Kier alpha value is -2.83. The van der Waals surface area contributed by atoms with E-state index in [0.717, 1.165) is 23.3 Å². The van der Waals surface area contributed by atoms with Crippen molar-refractivity contribution in [3.8, 4) is 22.6 Å². The standard InChI is InChI=1S/C21H20O5S/c1-21(2,14-6-4-3-5-7-14)15-8-10-19(22)17(12-15)18-13-16(27(24,25)26)9-11-20(18)23/h3-13,22-23H,1-2H3,(H,24,25,26). The Morgan fingerprint density at radius 2 is 1.30 bits per heavy atom. The van der Waals surface area contributed by atoms with Gasteiger partial charge in [-0.25, -0.2) is 0 Å². The Balaban J connectivity index is 2.18. The summed E-state index contributed by atoms with van der Waals surface area (Å²) in [7, 11) is -4.44. The number of phenols is 2. The van der Waals surface area contributed by atoms with E-state index in [2.05, 4.69) is 0 Å². The quantitative estimate of drug-likeness (QED) is 0.582. The summed E-state index contributed by atoms with van der Waals surface area (Å²) in [6, 6.07) is 18.2. The van der Waals surface area contributed by atoms with Gasteiger partial charge in [-0.15, -0.1) is 0 Å². The van der Waals surface area contributed by atoms with E-state index >= 15 is 0 Å². The first-order valence-corrected chi connectivity index (χ1v) is 9.74. The van der Waals surface area contributed by atoms with E-state index < -0.39 is 10.1 Å². The van der Waals surface area contributed by atoms with E-state index in [1.54, 1.807) is 12.1 Å². The molecule has 0 atom stereocenters. The van der Waals surface area contributed by atoms with Crippen LogP contribution in [0.2, 0.25) is 0 Å². The Morgan fingerprint density at radius 1 is 0.741 bits per heavy atom. The lowest BCUT2D eigenvalue weighted by Gasteiger charge is -2.27. The van der Waals surface area contributed by atoms with Gasteiger partial charge in [0, 0.05) is 16.5 Å². The van der Waals surface area contributed by atoms with E-state index in [0.29, 0.717) is 0 Å². The lowest BCUT2D eigenvalue weighted by Crippen LogP contribution is -2.18. The number of rotatable bonds is 4. The van der Waals surface area contributed by atoms with Gasteiger partial charge in [0.05, 0.1) is 4.90 Å². The van der Waals surface area contributed by atoms with Gasteiger partial charge in [0.2, 0.25) is 0 Å². The molecule has 0 aliphatic carbocycles. The van der Waals surface area contributed by atoms with Crippen LogP contribution in [0.4, 0.5) is 0 Å². The second kappa shape index (κ2) is 6.72. The van der Waals surface area contributed by atoms with Crippen molar-refractivity contribution in [1.29, 1.82) is 0 Å². The van der Waals surface area contributed by atoms with Crippen LogP contribution in [-0.4, -0.2) is 23.2 Å². The number of benzene rings is 3. The number of aromatic hydroxyl groups is 2. The highest BCUT2D eigenvalue weighted by Gasteiger charge is 2.25. The average molecular weight is 384 g/mol. The van der Waals surface area contributed by atoms with E-state index in [-0.39, 0.29) is 32.9 Å². The first kappa shape index (κ1) is 18.9. The summed E-state index contributed by atoms with van der Waals surface area (Å²) in [5.41, 5.74) is 1.95. The molecule has 27 heavy (non-hydrogen) atoms. The highest BCUT2D eigenvalue weighted by molar-refractivity contribution is 7.85. The van der Waals surface area contributed by atoms with Crippen molar-refractivity contribution in [2.24, 2.45) is 0 Å². The Kier molecular flexibility index (Phi) is 4.71. The third-order valence-corrected chi connectivity index (χ3v) is 5.62. The maximum Gasteiger partial charge on any atom is 0.294 e. The zero-order chi connectivity index (χ0) is 19.8. The number of phenolic OH excluding ortho intramolecular Hbond substituents is 2. The van der Waals surface area contributed by atoms with Crippen LogP contribution < -0.4 is 0 Å². The second-order valence-corrected chi connectivity index (χ2v) is 8.30. The van der Waals surface area contributed by atoms with Crippen LogP contribution in [0.1, 0.15) is 25.0 Å². The number of hydrogen-bond acceptors (Lipinski definition) is 4. The smallest absolute Gasteiger partial charge is 0.294 e. The minimum absolute atomic E-state index is 0.106. The average Bonchev–Trinajstić information content (AvgIpc) is 2.62. The van der Waals surface area contributed by atoms with Crippen molar-refractivity contribution in [3.05, 3.63) is 77.9 Å². The fourth-order valence-electron chi connectivity index (χ4n) is 3.05. The van der Waals surface area contributed by atoms with Crippen LogP contribution in [0.3, 0.4) is 0 Å². The van der Waals surface area contributed by atoms with Crippen molar-refractivity contribution in [2.75, 3.05) is 0 Å². The molecule has 0 fully saturated rings. The maximum atomic E-state index is 11.4. The first-order chi connectivity index (χ1) is 12.6. The molecule has 5 nitrogen and oxygen atoms in total. The third kappa shape index (κ3) is 3.67. The highest BCUT2D eigenvalue weighted by atomic mass is 32.2. The molecule has 0 aliphatic rings. The SMILES string of the molecule is CC(C)(c1ccccc1)c1ccc(O)c(-c2cc(S(=O)(=O)O)ccc2O)c1. The van der Waals surface area contributed by atoms with Crippen molar-refractivity contribution in [3.63, 3.8) is 0 Å². The summed E-state index contributed by atoms with van der Waals surface area (Å²) in [6.45, 7) is 4.07. The van der Waals surface area contributed by atoms with Crippen molar-refractivity contribution in [2.45, 2.75) is 24.2 Å². The largest absolute Gasteiger partial charge is 0.507 e. The van der Waals surface area contributed by atoms with E-state index in [9.17, 15) is 23.2 Å². The molecule has 140 valence electrons. The summed E-state index contributed by atoms with van der Waals surface area (Å²) < 4.78 is 32.2. The molecule has 0 aliphatic heterocycles. The van der Waals surface area contributed by atoms with E-state index in [4.69, 9.17) is 0 Å². The van der Waals surface area contributed by atoms with Gasteiger partial charge < -0.3 is 10.2 Å². The van der Waals surface area contributed by atoms with Crippen molar-refractivity contribution in [1.82, 2.24) is 0 Å². The zero-order valence-corrected chi connectivity index (χ0v) is 15.7. The number of hydrogen-bond donors (Lipinski definition) is 3. The minimum Gasteiger partial charge on any atom is -0.507 e. The van der Waals surface area contributed by atoms with Crippen LogP contribution in [0.25, 0.3) is 11.1 Å². The van der Waals surface area contributed by atoms with Crippen LogP contribution >= 0.6 is 0 Å². The normalized spacial score (nSPS) is 12.1. The molecule has 0 aromatic heterocycles. The monoisotopic (exact) mass is 384 g/mol. The second-order valence-electron chi connectivity index (χ2n) is 6.88. The van der Waals surface area contributed by atoms with Crippen LogP contribution in [0.5, 0.6) is 11.5 Å². The van der Waals surface area contributed by atoms with Crippen molar-refractivity contribution < 1.29 is 23.2 Å². The Morgan fingerprint density at radius 3 is 1.89 bits per heavy atom. The van der Waals surface area contributed by atoms with Crippen LogP contribution in [0, 0.1) is 0 Å². The van der Waals surface area contributed by atoms with Gasteiger partial charge in [0.1, 0.15) is 11.5 Å². The van der Waals surface area contributed by atoms with Crippen LogP contribution in [0.15, 0.2) is 71.6 Å². The molecule has 0 unspecified atom stereocenters. The third-order valence-electron chi connectivity index (χ3n) is 4.77. The van der Waals surface area contributed by atoms with Gasteiger partial charge in [0.15, 0.2) is 0 Å². The fraction of sp³-hybridized carbons (Fsp3) is 0.143. The molecule has 0 saturated carbocycles. The molecular formula is C21H20O5S. The van der Waals surface area contributed by atoms with Gasteiger partial charge in [0.25, 0.3) is 10.1 Å². The molecule has 3 rings (SSSR count). The zero-order valence-electron chi connectivity index (χ0n) is 14.9. The summed E-state index contributed by atoms with van der Waals surface area (Å²) in [4.78, 5) is -0.359. The summed E-state index contributed by atoms with van der Waals surface area (Å²) in [5.74, 6) is -0.308. The lowest BCUT2D eigenvalue weighted by atomic mass is 9.77. The van der Waals surface area contributed by atoms with Gasteiger partial charge >= 0.3 is 0 Å². The topological polar surface area (TPSA) is 94.8 Å². The van der Waals surface area contributed by atoms with Gasteiger partial charge in [-0.05, 0) is 41.5 Å². The molecule has 0 bridgehead atoms. The Bertz CT molecular complexity index is 1090.